The monoisotopic (exact) mass is 194 g/mol. The van der Waals surface area contributed by atoms with Crippen molar-refractivity contribution in [3.8, 4) is 5.75 Å². The average molecular weight is 194 g/mol. The number of anilines is 1. The first-order chi connectivity index (χ1) is 6.47. The Balaban J connectivity index is 2.35. The molecule has 0 aliphatic rings. The normalized spacial score (nSPS) is 11.4. The van der Waals surface area contributed by atoms with Gasteiger partial charge in [0.2, 0.25) is 0 Å². The van der Waals surface area contributed by atoms with Gasteiger partial charge in [0, 0.05) is 17.8 Å². The van der Waals surface area contributed by atoms with Gasteiger partial charge in [-0.05, 0) is 44.5 Å². The van der Waals surface area contributed by atoms with Crippen molar-refractivity contribution in [3.05, 3.63) is 24.3 Å². The highest BCUT2D eigenvalue weighted by molar-refractivity contribution is 5.45. The van der Waals surface area contributed by atoms with Crippen molar-refractivity contribution in [3.63, 3.8) is 0 Å². The van der Waals surface area contributed by atoms with Crippen LogP contribution in [0.2, 0.25) is 0 Å². The quantitative estimate of drug-likeness (QED) is 0.642. The van der Waals surface area contributed by atoms with Gasteiger partial charge in [0.1, 0.15) is 5.75 Å². The van der Waals surface area contributed by atoms with Crippen LogP contribution in [0.5, 0.6) is 5.75 Å². The molecule has 0 saturated carbocycles. The Morgan fingerprint density at radius 2 is 1.86 bits per heavy atom. The summed E-state index contributed by atoms with van der Waals surface area (Å²) in [4.78, 5) is 0. The van der Waals surface area contributed by atoms with Gasteiger partial charge in [0.05, 0.1) is 0 Å². The van der Waals surface area contributed by atoms with Gasteiger partial charge >= 0.3 is 0 Å². The van der Waals surface area contributed by atoms with Crippen molar-refractivity contribution in [2.24, 2.45) is 5.73 Å². The second-order valence-corrected chi connectivity index (χ2v) is 4.21. The molecular formula is C11H18N2O. The van der Waals surface area contributed by atoms with Gasteiger partial charge < -0.3 is 16.2 Å². The van der Waals surface area contributed by atoms with Crippen LogP contribution in [0, 0.1) is 0 Å². The van der Waals surface area contributed by atoms with Gasteiger partial charge in [-0.15, -0.1) is 0 Å². The summed E-state index contributed by atoms with van der Waals surface area (Å²) in [5, 5.41) is 12.3. The summed E-state index contributed by atoms with van der Waals surface area (Å²) in [6.07, 6.45) is 0.911. The molecule has 0 aliphatic carbocycles. The van der Waals surface area contributed by atoms with Crippen molar-refractivity contribution in [2.45, 2.75) is 25.8 Å². The van der Waals surface area contributed by atoms with Crippen LogP contribution in [0.4, 0.5) is 5.69 Å². The molecule has 1 aromatic carbocycles. The van der Waals surface area contributed by atoms with Crippen LogP contribution in [-0.2, 0) is 0 Å². The molecule has 4 N–H and O–H groups in total. The van der Waals surface area contributed by atoms with Crippen molar-refractivity contribution >= 4 is 5.69 Å². The summed E-state index contributed by atoms with van der Waals surface area (Å²) in [5.41, 5.74) is 6.72. The van der Waals surface area contributed by atoms with Crippen molar-refractivity contribution in [1.29, 1.82) is 0 Å². The average Bonchev–Trinajstić information content (AvgIpc) is 2.06. The third-order valence-electron chi connectivity index (χ3n) is 1.97. The fraction of sp³-hybridized carbons (Fsp3) is 0.455. The van der Waals surface area contributed by atoms with Crippen LogP contribution < -0.4 is 11.1 Å². The third kappa shape index (κ3) is 4.14. The highest BCUT2D eigenvalue weighted by Gasteiger charge is 2.08. The van der Waals surface area contributed by atoms with E-state index in [1.54, 1.807) is 12.1 Å². The third-order valence-corrected chi connectivity index (χ3v) is 1.97. The van der Waals surface area contributed by atoms with Gasteiger partial charge in [-0.2, -0.15) is 0 Å². The van der Waals surface area contributed by atoms with Crippen LogP contribution in [0.25, 0.3) is 0 Å². The molecule has 0 unspecified atom stereocenters. The van der Waals surface area contributed by atoms with E-state index in [2.05, 4.69) is 5.32 Å². The standard InChI is InChI=1S/C11H18N2O/c1-11(2,12)7-8-13-9-3-5-10(14)6-4-9/h3-6,13-14H,7-8,12H2,1-2H3. The molecule has 3 heteroatoms. The topological polar surface area (TPSA) is 58.3 Å². The number of nitrogens with two attached hydrogens (primary N) is 1. The van der Waals surface area contributed by atoms with Crippen LogP contribution in [0.3, 0.4) is 0 Å². The molecule has 1 aromatic rings. The zero-order valence-electron chi connectivity index (χ0n) is 8.75. The predicted molar refractivity (Wildman–Crippen MR) is 59.5 cm³/mol. The maximum absolute atomic E-state index is 9.06. The van der Waals surface area contributed by atoms with E-state index >= 15 is 0 Å². The molecule has 0 atom stereocenters. The predicted octanol–water partition coefficient (Wildman–Crippen LogP) is 1.93. The van der Waals surface area contributed by atoms with Gasteiger partial charge in [0.25, 0.3) is 0 Å². The minimum Gasteiger partial charge on any atom is -0.508 e. The molecule has 0 bridgehead atoms. The highest BCUT2D eigenvalue weighted by atomic mass is 16.3. The highest BCUT2D eigenvalue weighted by Crippen LogP contribution is 2.14. The minimum atomic E-state index is -0.135. The van der Waals surface area contributed by atoms with Crippen LogP contribution in [0.15, 0.2) is 24.3 Å². The Hall–Kier alpha value is -1.22. The zero-order valence-corrected chi connectivity index (χ0v) is 8.75. The number of phenolic OH excluding ortho intramolecular Hbond substituents is 1. The summed E-state index contributed by atoms with van der Waals surface area (Å²) in [6, 6.07) is 7.02. The van der Waals surface area contributed by atoms with Gasteiger partial charge in [-0.25, -0.2) is 0 Å². The van der Waals surface area contributed by atoms with E-state index in [1.807, 2.05) is 26.0 Å². The number of phenols is 1. The SMILES string of the molecule is CC(C)(N)CCNc1ccc(O)cc1. The smallest absolute Gasteiger partial charge is 0.115 e. The lowest BCUT2D eigenvalue weighted by atomic mass is 10.0. The molecule has 0 aliphatic heterocycles. The maximum Gasteiger partial charge on any atom is 0.115 e. The lowest BCUT2D eigenvalue weighted by Gasteiger charge is -2.18. The Labute approximate surface area is 84.9 Å². The van der Waals surface area contributed by atoms with Gasteiger partial charge in [-0.1, -0.05) is 0 Å². The second-order valence-electron chi connectivity index (χ2n) is 4.21. The lowest BCUT2D eigenvalue weighted by molar-refractivity contribution is 0.475. The van der Waals surface area contributed by atoms with E-state index in [1.165, 1.54) is 0 Å². The number of rotatable bonds is 4. The second kappa shape index (κ2) is 4.33. The molecule has 0 amide bonds. The molecule has 0 heterocycles. The number of hydrogen-bond donors (Lipinski definition) is 3. The molecule has 3 nitrogen and oxygen atoms in total. The first-order valence-corrected chi connectivity index (χ1v) is 4.79. The van der Waals surface area contributed by atoms with Crippen molar-refractivity contribution < 1.29 is 5.11 Å². The van der Waals surface area contributed by atoms with E-state index in [4.69, 9.17) is 10.8 Å². The molecule has 0 radical (unpaired) electrons. The minimum absolute atomic E-state index is 0.135. The van der Waals surface area contributed by atoms with Crippen LogP contribution >= 0.6 is 0 Å². The van der Waals surface area contributed by atoms with Crippen LogP contribution in [-0.4, -0.2) is 17.2 Å². The number of benzene rings is 1. The Morgan fingerprint density at radius 1 is 1.29 bits per heavy atom. The van der Waals surface area contributed by atoms with E-state index in [9.17, 15) is 0 Å². The molecular weight excluding hydrogens is 176 g/mol. The first-order valence-electron chi connectivity index (χ1n) is 4.79. The molecule has 78 valence electrons. The summed E-state index contributed by atoms with van der Waals surface area (Å²) in [6.45, 7) is 4.85. The van der Waals surface area contributed by atoms with E-state index in [0.717, 1.165) is 18.7 Å². The van der Waals surface area contributed by atoms with Gasteiger partial charge in [0.15, 0.2) is 0 Å². The summed E-state index contributed by atoms with van der Waals surface area (Å²) in [7, 11) is 0. The Morgan fingerprint density at radius 3 is 2.36 bits per heavy atom. The number of hydrogen-bond acceptors (Lipinski definition) is 3. The largest absolute Gasteiger partial charge is 0.508 e. The Kier molecular flexibility index (Phi) is 3.36. The Bertz CT molecular complexity index is 274. The molecule has 14 heavy (non-hydrogen) atoms. The summed E-state index contributed by atoms with van der Waals surface area (Å²) in [5.74, 6) is 0.287. The fourth-order valence-corrected chi connectivity index (χ4v) is 1.11. The van der Waals surface area contributed by atoms with E-state index < -0.39 is 0 Å². The molecule has 0 fully saturated rings. The zero-order chi connectivity index (χ0) is 10.6. The molecule has 0 spiro atoms. The lowest BCUT2D eigenvalue weighted by Crippen LogP contribution is -2.34. The fourth-order valence-electron chi connectivity index (χ4n) is 1.11. The van der Waals surface area contributed by atoms with Gasteiger partial charge in [-0.3, -0.25) is 0 Å². The number of nitrogens with one attached hydrogen (secondary N) is 1. The molecule has 0 aromatic heterocycles. The molecule has 1 rings (SSSR count). The summed E-state index contributed by atoms with van der Waals surface area (Å²) < 4.78 is 0. The van der Waals surface area contributed by atoms with Crippen molar-refractivity contribution in [1.82, 2.24) is 0 Å². The van der Waals surface area contributed by atoms with E-state index in [-0.39, 0.29) is 11.3 Å². The number of aromatic hydroxyl groups is 1. The summed E-state index contributed by atoms with van der Waals surface area (Å²) >= 11 is 0. The molecule has 0 saturated heterocycles. The van der Waals surface area contributed by atoms with Crippen LogP contribution in [0.1, 0.15) is 20.3 Å². The maximum atomic E-state index is 9.06. The van der Waals surface area contributed by atoms with E-state index in [0.29, 0.717) is 0 Å². The first kappa shape index (κ1) is 10.9. The van der Waals surface area contributed by atoms with Crippen molar-refractivity contribution in [2.75, 3.05) is 11.9 Å².